The van der Waals surface area contributed by atoms with Crippen molar-refractivity contribution in [1.82, 2.24) is 19.6 Å². The van der Waals surface area contributed by atoms with Crippen LogP contribution in [0.4, 0.5) is 10.3 Å². The Morgan fingerprint density at radius 3 is 2.89 bits per heavy atom. The Morgan fingerprint density at radius 2 is 2.21 bits per heavy atom. The van der Waals surface area contributed by atoms with E-state index in [0.717, 1.165) is 0 Å². The van der Waals surface area contributed by atoms with Crippen molar-refractivity contribution in [2.75, 3.05) is 12.8 Å². The third kappa shape index (κ3) is 1.74. The molecule has 2 aromatic heterocycles. The SMILES string of the molecule is COc1cc(F)cc2c1nc(N)n1nc(CCl)nc21. The lowest BCUT2D eigenvalue weighted by atomic mass is 10.2. The molecule has 8 heteroatoms. The zero-order valence-corrected chi connectivity index (χ0v) is 10.6. The first kappa shape index (κ1) is 11.9. The average Bonchev–Trinajstić information content (AvgIpc) is 2.84. The van der Waals surface area contributed by atoms with Crippen molar-refractivity contribution >= 4 is 34.1 Å². The van der Waals surface area contributed by atoms with Crippen molar-refractivity contribution in [3.8, 4) is 5.75 Å². The zero-order chi connectivity index (χ0) is 13.6. The van der Waals surface area contributed by atoms with E-state index in [1.165, 1.54) is 23.8 Å². The molecule has 0 spiro atoms. The van der Waals surface area contributed by atoms with E-state index >= 15 is 0 Å². The molecule has 0 aliphatic heterocycles. The Labute approximate surface area is 112 Å². The van der Waals surface area contributed by atoms with Gasteiger partial charge in [0.1, 0.15) is 17.1 Å². The molecule has 0 amide bonds. The molecule has 0 atom stereocenters. The number of methoxy groups -OCH3 is 1. The second-order valence-corrected chi connectivity index (χ2v) is 4.14. The van der Waals surface area contributed by atoms with E-state index in [2.05, 4.69) is 15.1 Å². The van der Waals surface area contributed by atoms with E-state index in [4.69, 9.17) is 22.1 Å². The molecule has 2 heterocycles. The fourth-order valence-corrected chi connectivity index (χ4v) is 2.04. The van der Waals surface area contributed by atoms with Crippen LogP contribution in [0.2, 0.25) is 0 Å². The molecule has 98 valence electrons. The van der Waals surface area contributed by atoms with Gasteiger partial charge in [0.05, 0.1) is 18.4 Å². The lowest BCUT2D eigenvalue weighted by Crippen LogP contribution is -2.04. The summed E-state index contributed by atoms with van der Waals surface area (Å²) in [6.45, 7) is 0. The smallest absolute Gasteiger partial charge is 0.223 e. The summed E-state index contributed by atoms with van der Waals surface area (Å²) in [5.41, 5.74) is 6.64. The Balaban J connectivity index is 2.51. The predicted octanol–water partition coefficient (Wildman–Crippen LogP) is 1.75. The van der Waals surface area contributed by atoms with Gasteiger partial charge in [-0.15, -0.1) is 16.7 Å². The summed E-state index contributed by atoms with van der Waals surface area (Å²) < 4.78 is 20.0. The van der Waals surface area contributed by atoms with Crippen molar-refractivity contribution in [3.63, 3.8) is 0 Å². The van der Waals surface area contributed by atoms with Crippen LogP contribution in [0.25, 0.3) is 16.6 Å². The summed E-state index contributed by atoms with van der Waals surface area (Å²) in [7, 11) is 1.43. The van der Waals surface area contributed by atoms with Gasteiger partial charge in [0.25, 0.3) is 0 Å². The Hall–Kier alpha value is -2.15. The minimum Gasteiger partial charge on any atom is -0.494 e. The Morgan fingerprint density at radius 1 is 1.42 bits per heavy atom. The Kier molecular flexibility index (Phi) is 2.63. The van der Waals surface area contributed by atoms with E-state index in [9.17, 15) is 4.39 Å². The van der Waals surface area contributed by atoms with Gasteiger partial charge < -0.3 is 10.5 Å². The number of nitrogens with two attached hydrogens (primary N) is 1. The quantitative estimate of drug-likeness (QED) is 0.724. The van der Waals surface area contributed by atoms with Gasteiger partial charge in [-0.1, -0.05) is 0 Å². The molecule has 0 fully saturated rings. The topological polar surface area (TPSA) is 78.3 Å². The lowest BCUT2D eigenvalue weighted by molar-refractivity contribution is 0.415. The molecule has 0 saturated carbocycles. The van der Waals surface area contributed by atoms with Gasteiger partial charge in [0.2, 0.25) is 5.95 Å². The van der Waals surface area contributed by atoms with Gasteiger partial charge in [-0.2, -0.15) is 4.52 Å². The number of halogens is 2. The van der Waals surface area contributed by atoms with Crippen LogP contribution in [-0.4, -0.2) is 26.7 Å². The van der Waals surface area contributed by atoms with Crippen LogP contribution in [-0.2, 0) is 5.88 Å². The normalized spacial score (nSPS) is 11.3. The van der Waals surface area contributed by atoms with Gasteiger partial charge >= 0.3 is 0 Å². The molecule has 3 rings (SSSR count). The van der Waals surface area contributed by atoms with Gasteiger partial charge in [0.15, 0.2) is 11.5 Å². The Bertz CT molecular complexity index is 788. The first-order valence-electron chi connectivity index (χ1n) is 5.38. The minimum absolute atomic E-state index is 0.134. The number of anilines is 1. The van der Waals surface area contributed by atoms with Crippen molar-refractivity contribution in [3.05, 3.63) is 23.8 Å². The largest absolute Gasteiger partial charge is 0.494 e. The third-order valence-electron chi connectivity index (χ3n) is 2.71. The van der Waals surface area contributed by atoms with E-state index < -0.39 is 5.82 Å². The first-order chi connectivity index (χ1) is 9.13. The number of ether oxygens (including phenoxy) is 1. The van der Waals surface area contributed by atoms with E-state index in [1.807, 2.05) is 0 Å². The molecule has 19 heavy (non-hydrogen) atoms. The molecule has 0 bridgehead atoms. The number of hydrogen-bond donors (Lipinski definition) is 1. The second-order valence-electron chi connectivity index (χ2n) is 3.87. The highest BCUT2D eigenvalue weighted by Crippen LogP contribution is 2.29. The number of fused-ring (bicyclic) bond motifs is 3. The zero-order valence-electron chi connectivity index (χ0n) is 9.89. The standard InChI is InChI=1S/C11H9ClFN5O/c1-19-7-3-5(13)2-6-9(7)16-11(14)18-10(6)15-8(4-12)17-18/h2-3H,4H2,1H3,(H2,14,16). The maximum Gasteiger partial charge on any atom is 0.223 e. The maximum atomic E-state index is 13.6. The molecule has 0 aliphatic carbocycles. The average molecular weight is 282 g/mol. The highest BCUT2D eigenvalue weighted by molar-refractivity contribution is 6.16. The molecule has 6 nitrogen and oxygen atoms in total. The number of benzene rings is 1. The minimum atomic E-state index is -0.451. The molecular formula is C11H9ClFN5O. The van der Waals surface area contributed by atoms with Crippen LogP contribution < -0.4 is 10.5 Å². The van der Waals surface area contributed by atoms with Crippen molar-refractivity contribution in [1.29, 1.82) is 0 Å². The fourth-order valence-electron chi connectivity index (χ4n) is 1.92. The van der Waals surface area contributed by atoms with E-state index in [1.54, 1.807) is 0 Å². The van der Waals surface area contributed by atoms with E-state index in [0.29, 0.717) is 28.1 Å². The van der Waals surface area contributed by atoms with Crippen molar-refractivity contribution < 1.29 is 9.13 Å². The number of hydrogen-bond acceptors (Lipinski definition) is 5. The molecule has 0 aliphatic rings. The van der Waals surface area contributed by atoms with Crippen LogP contribution in [0.5, 0.6) is 5.75 Å². The number of aromatic nitrogens is 4. The van der Waals surface area contributed by atoms with Crippen molar-refractivity contribution in [2.24, 2.45) is 0 Å². The molecule has 0 radical (unpaired) electrons. The maximum absolute atomic E-state index is 13.6. The molecule has 0 unspecified atom stereocenters. The number of rotatable bonds is 2. The molecular weight excluding hydrogens is 273 g/mol. The summed E-state index contributed by atoms with van der Waals surface area (Å²) >= 11 is 5.69. The number of nitrogens with zero attached hydrogens (tertiary/aromatic N) is 4. The first-order valence-corrected chi connectivity index (χ1v) is 5.92. The van der Waals surface area contributed by atoms with Gasteiger partial charge in [0, 0.05) is 6.07 Å². The van der Waals surface area contributed by atoms with E-state index in [-0.39, 0.29) is 11.8 Å². The number of nitrogen functional groups attached to an aromatic ring is 1. The molecule has 2 N–H and O–H groups in total. The monoisotopic (exact) mass is 281 g/mol. The van der Waals surface area contributed by atoms with Crippen LogP contribution >= 0.6 is 11.6 Å². The van der Waals surface area contributed by atoms with Crippen molar-refractivity contribution in [2.45, 2.75) is 5.88 Å². The summed E-state index contributed by atoms with van der Waals surface area (Å²) in [6.07, 6.45) is 0. The van der Waals surface area contributed by atoms with Gasteiger partial charge in [-0.05, 0) is 6.07 Å². The van der Waals surface area contributed by atoms with Crippen LogP contribution in [0, 0.1) is 5.82 Å². The predicted molar refractivity (Wildman–Crippen MR) is 68.8 cm³/mol. The molecule has 0 saturated heterocycles. The fraction of sp³-hybridized carbons (Fsp3) is 0.182. The number of alkyl halides is 1. The van der Waals surface area contributed by atoms with Crippen LogP contribution in [0.15, 0.2) is 12.1 Å². The summed E-state index contributed by atoms with van der Waals surface area (Å²) in [5.74, 6) is 0.504. The van der Waals surface area contributed by atoms with Crippen LogP contribution in [0.1, 0.15) is 5.82 Å². The van der Waals surface area contributed by atoms with Crippen LogP contribution in [0.3, 0.4) is 0 Å². The summed E-state index contributed by atoms with van der Waals surface area (Å²) in [4.78, 5) is 8.38. The third-order valence-corrected chi connectivity index (χ3v) is 2.95. The summed E-state index contributed by atoms with van der Waals surface area (Å²) in [5, 5.41) is 4.56. The van der Waals surface area contributed by atoms with Gasteiger partial charge in [-0.3, -0.25) is 0 Å². The molecule has 1 aromatic carbocycles. The van der Waals surface area contributed by atoms with Gasteiger partial charge in [-0.25, -0.2) is 14.4 Å². The highest BCUT2D eigenvalue weighted by atomic mass is 35.5. The lowest BCUT2D eigenvalue weighted by Gasteiger charge is -2.07. The molecule has 3 aromatic rings. The second kappa shape index (κ2) is 4.20. The summed E-state index contributed by atoms with van der Waals surface area (Å²) in [6, 6.07) is 2.55. The highest BCUT2D eigenvalue weighted by Gasteiger charge is 2.15.